The van der Waals surface area contributed by atoms with Gasteiger partial charge in [-0.25, -0.2) is 0 Å². The van der Waals surface area contributed by atoms with E-state index in [1.807, 2.05) is 0 Å². The van der Waals surface area contributed by atoms with Crippen molar-refractivity contribution in [2.24, 2.45) is 0 Å². The van der Waals surface area contributed by atoms with Crippen molar-refractivity contribution in [2.75, 3.05) is 18.0 Å². The van der Waals surface area contributed by atoms with Crippen LogP contribution in [0.4, 0.5) is 10.0 Å². The van der Waals surface area contributed by atoms with Crippen LogP contribution >= 0.6 is 11.3 Å². The van der Waals surface area contributed by atoms with Gasteiger partial charge in [-0.15, -0.1) is 0 Å². The number of anilines is 1. The van der Waals surface area contributed by atoms with Crippen molar-refractivity contribution in [3.05, 3.63) is 21.7 Å². The molecule has 16 heavy (non-hydrogen) atoms. The number of hydrogen-bond donors (Lipinski definition) is 1. The average molecular weight is 242 g/mol. The molecule has 0 amide bonds. The normalized spacial score (nSPS) is 17.8. The number of thiophene rings is 1. The molecule has 1 aromatic heterocycles. The van der Waals surface area contributed by atoms with Gasteiger partial charge in [-0.2, -0.15) is 0 Å². The second-order valence-electron chi connectivity index (χ2n) is 3.97. The van der Waals surface area contributed by atoms with E-state index in [1.165, 1.54) is 6.07 Å². The topological polar surface area (TPSA) is 66.6 Å². The van der Waals surface area contributed by atoms with E-state index in [0.717, 1.165) is 42.3 Å². The molecule has 1 atom stereocenters. The molecule has 1 aliphatic rings. The fourth-order valence-corrected chi connectivity index (χ4v) is 3.06. The lowest BCUT2D eigenvalue weighted by Crippen LogP contribution is -2.17. The monoisotopic (exact) mass is 242 g/mol. The number of nitrogens with zero attached hydrogens (tertiary/aromatic N) is 2. The zero-order valence-corrected chi connectivity index (χ0v) is 9.87. The van der Waals surface area contributed by atoms with Crippen LogP contribution in [0.15, 0.2) is 6.07 Å². The highest BCUT2D eigenvalue weighted by atomic mass is 32.1. The van der Waals surface area contributed by atoms with Crippen LogP contribution in [0.3, 0.4) is 0 Å². The van der Waals surface area contributed by atoms with Gasteiger partial charge in [-0.3, -0.25) is 10.1 Å². The average Bonchev–Trinajstić information content (AvgIpc) is 2.86. The maximum Gasteiger partial charge on any atom is 0.326 e. The van der Waals surface area contributed by atoms with Crippen LogP contribution in [-0.4, -0.2) is 23.1 Å². The number of nitro groups is 1. The molecule has 1 unspecified atom stereocenters. The Morgan fingerprint density at radius 1 is 1.56 bits per heavy atom. The van der Waals surface area contributed by atoms with Crippen LogP contribution in [-0.2, 0) is 0 Å². The van der Waals surface area contributed by atoms with Crippen LogP contribution in [0.5, 0.6) is 0 Å². The van der Waals surface area contributed by atoms with Crippen LogP contribution in [0.25, 0.3) is 0 Å². The van der Waals surface area contributed by atoms with Crippen molar-refractivity contribution in [1.29, 1.82) is 0 Å². The third-order valence-electron chi connectivity index (χ3n) is 2.75. The SMILES string of the molecule is CC(O)c1cc([N+](=O)[O-])sc1N1CCCC1. The molecule has 0 spiro atoms. The first-order valence-corrected chi connectivity index (χ1v) is 6.12. The molecule has 2 heterocycles. The molecule has 0 saturated carbocycles. The molecule has 0 aromatic carbocycles. The molecule has 0 radical (unpaired) electrons. The minimum atomic E-state index is -0.652. The van der Waals surface area contributed by atoms with E-state index in [2.05, 4.69) is 4.90 Å². The summed E-state index contributed by atoms with van der Waals surface area (Å²) in [4.78, 5) is 12.5. The smallest absolute Gasteiger partial charge is 0.326 e. The first-order chi connectivity index (χ1) is 7.59. The third-order valence-corrected chi connectivity index (χ3v) is 3.91. The first-order valence-electron chi connectivity index (χ1n) is 5.30. The van der Waals surface area contributed by atoms with Crippen molar-refractivity contribution in [3.8, 4) is 0 Å². The Hall–Kier alpha value is -1.14. The van der Waals surface area contributed by atoms with Crippen molar-refractivity contribution in [2.45, 2.75) is 25.9 Å². The maximum atomic E-state index is 10.7. The van der Waals surface area contributed by atoms with Gasteiger partial charge in [0, 0.05) is 24.7 Å². The van der Waals surface area contributed by atoms with Gasteiger partial charge < -0.3 is 10.0 Å². The predicted molar refractivity (Wildman–Crippen MR) is 63.1 cm³/mol. The quantitative estimate of drug-likeness (QED) is 0.652. The largest absolute Gasteiger partial charge is 0.389 e. The summed E-state index contributed by atoms with van der Waals surface area (Å²) in [5.74, 6) is 0. The van der Waals surface area contributed by atoms with E-state index in [9.17, 15) is 15.2 Å². The number of rotatable bonds is 3. The van der Waals surface area contributed by atoms with E-state index in [1.54, 1.807) is 6.92 Å². The summed E-state index contributed by atoms with van der Waals surface area (Å²) in [7, 11) is 0. The second kappa shape index (κ2) is 4.39. The number of aliphatic hydroxyl groups excluding tert-OH is 1. The molecular weight excluding hydrogens is 228 g/mol. The van der Waals surface area contributed by atoms with Crippen molar-refractivity contribution in [1.82, 2.24) is 0 Å². The fourth-order valence-electron chi connectivity index (χ4n) is 1.94. The lowest BCUT2D eigenvalue weighted by atomic mass is 10.2. The predicted octanol–water partition coefficient (Wildman–Crippen LogP) is 2.31. The molecule has 5 nitrogen and oxygen atoms in total. The summed E-state index contributed by atoms with van der Waals surface area (Å²) in [6.07, 6.45) is 1.58. The van der Waals surface area contributed by atoms with E-state index in [0.29, 0.717) is 5.56 Å². The fraction of sp³-hybridized carbons (Fsp3) is 0.600. The van der Waals surface area contributed by atoms with Gasteiger partial charge >= 0.3 is 5.00 Å². The van der Waals surface area contributed by atoms with Gasteiger partial charge in [-0.05, 0) is 31.1 Å². The van der Waals surface area contributed by atoms with Crippen molar-refractivity contribution >= 4 is 21.3 Å². The summed E-state index contributed by atoms with van der Waals surface area (Å²) in [6.45, 7) is 3.50. The zero-order valence-electron chi connectivity index (χ0n) is 9.05. The molecule has 1 N–H and O–H groups in total. The molecule has 1 aromatic rings. The summed E-state index contributed by atoms with van der Waals surface area (Å²) in [5, 5.41) is 21.3. The minimum Gasteiger partial charge on any atom is -0.389 e. The number of aliphatic hydroxyl groups is 1. The second-order valence-corrected chi connectivity index (χ2v) is 4.98. The Morgan fingerprint density at radius 3 is 2.69 bits per heavy atom. The van der Waals surface area contributed by atoms with Crippen LogP contribution in [0.2, 0.25) is 0 Å². The summed E-state index contributed by atoms with van der Waals surface area (Å²) in [5.41, 5.74) is 0.679. The summed E-state index contributed by atoms with van der Waals surface area (Å²) in [6, 6.07) is 1.49. The molecule has 1 aliphatic heterocycles. The highest BCUT2D eigenvalue weighted by Crippen LogP contribution is 2.40. The standard InChI is InChI=1S/C10H14N2O3S/c1-7(13)8-6-9(12(14)15)16-10(8)11-4-2-3-5-11/h6-7,13H,2-5H2,1H3. The van der Waals surface area contributed by atoms with Gasteiger partial charge in [0.2, 0.25) is 0 Å². The molecule has 88 valence electrons. The van der Waals surface area contributed by atoms with E-state index < -0.39 is 11.0 Å². The third kappa shape index (κ3) is 2.03. The Balaban J connectivity index is 2.37. The van der Waals surface area contributed by atoms with Crippen LogP contribution in [0.1, 0.15) is 31.4 Å². The Morgan fingerprint density at radius 2 is 2.19 bits per heavy atom. The van der Waals surface area contributed by atoms with Gasteiger partial charge in [0.1, 0.15) is 5.00 Å². The van der Waals surface area contributed by atoms with E-state index >= 15 is 0 Å². The van der Waals surface area contributed by atoms with Crippen molar-refractivity contribution < 1.29 is 10.0 Å². The van der Waals surface area contributed by atoms with Gasteiger partial charge in [0.05, 0.1) is 11.0 Å². The summed E-state index contributed by atoms with van der Waals surface area (Å²) < 4.78 is 0. The van der Waals surface area contributed by atoms with E-state index in [-0.39, 0.29) is 5.00 Å². The maximum absolute atomic E-state index is 10.7. The molecular formula is C10H14N2O3S. The molecule has 0 aliphatic carbocycles. The minimum absolute atomic E-state index is 0.109. The number of hydrogen-bond acceptors (Lipinski definition) is 5. The highest BCUT2D eigenvalue weighted by Gasteiger charge is 2.25. The Kier molecular flexibility index (Phi) is 3.11. The molecule has 0 bridgehead atoms. The zero-order chi connectivity index (χ0) is 11.7. The molecule has 1 fully saturated rings. The van der Waals surface area contributed by atoms with Gasteiger partial charge in [0.25, 0.3) is 0 Å². The van der Waals surface area contributed by atoms with Gasteiger partial charge in [-0.1, -0.05) is 0 Å². The Labute approximate surface area is 97.5 Å². The molecule has 6 heteroatoms. The lowest BCUT2D eigenvalue weighted by Gasteiger charge is -2.17. The molecule has 2 rings (SSSR count). The van der Waals surface area contributed by atoms with Crippen LogP contribution < -0.4 is 4.90 Å². The lowest BCUT2D eigenvalue weighted by molar-refractivity contribution is -0.380. The van der Waals surface area contributed by atoms with E-state index in [4.69, 9.17) is 0 Å². The first kappa shape index (κ1) is 11.3. The Bertz CT molecular complexity index is 397. The van der Waals surface area contributed by atoms with Crippen LogP contribution in [0, 0.1) is 10.1 Å². The van der Waals surface area contributed by atoms with Crippen molar-refractivity contribution in [3.63, 3.8) is 0 Å². The summed E-state index contributed by atoms with van der Waals surface area (Å²) >= 11 is 1.16. The highest BCUT2D eigenvalue weighted by molar-refractivity contribution is 7.19. The van der Waals surface area contributed by atoms with Gasteiger partial charge in [0.15, 0.2) is 0 Å². The molecule has 1 saturated heterocycles.